The molecule has 1 saturated carbocycles. The molecule has 0 radical (unpaired) electrons. The average molecular weight is 246 g/mol. The monoisotopic (exact) mass is 246 g/mol. The molecule has 4 nitrogen and oxygen atoms in total. The van der Waals surface area contributed by atoms with Crippen molar-refractivity contribution in [3.05, 3.63) is 28.7 Å². The number of rotatable bonds is 2. The van der Waals surface area contributed by atoms with Gasteiger partial charge < -0.3 is 10.2 Å². The zero-order chi connectivity index (χ0) is 12.5. The molecule has 0 unspecified atom stereocenters. The molecule has 0 atom stereocenters. The summed E-state index contributed by atoms with van der Waals surface area (Å²) in [5.41, 5.74) is 7.93. The summed E-state index contributed by atoms with van der Waals surface area (Å²) in [7, 11) is 0. The van der Waals surface area contributed by atoms with Crippen LogP contribution >= 0.6 is 0 Å². The normalized spacial score (nSPS) is 17.3. The first-order valence-corrected chi connectivity index (χ1v) is 6.63. The van der Waals surface area contributed by atoms with Crippen molar-refractivity contribution in [3.63, 3.8) is 0 Å². The minimum Gasteiger partial charge on any atom is -0.408 e. The van der Waals surface area contributed by atoms with E-state index in [-0.39, 0.29) is 5.76 Å². The summed E-state index contributed by atoms with van der Waals surface area (Å²) < 4.78 is 6.96. The first kappa shape index (κ1) is 11.4. The number of anilines is 1. The Labute approximate surface area is 105 Å². The number of nitrogens with two attached hydrogens (primary N) is 1. The summed E-state index contributed by atoms with van der Waals surface area (Å²) >= 11 is 0. The van der Waals surface area contributed by atoms with Gasteiger partial charge in [0.25, 0.3) is 0 Å². The molecule has 2 aromatic rings. The fraction of sp³-hybridized carbons (Fsp3) is 0.500. The molecule has 18 heavy (non-hydrogen) atoms. The number of aromatic nitrogens is 1. The van der Waals surface area contributed by atoms with E-state index in [2.05, 4.69) is 0 Å². The first-order chi connectivity index (χ1) is 8.75. The molecule has 1 aromatic carbocycles. The van der Waals surface area contributed by atoms with Gasteiger partial charge in [-0.3, -0.25) is 4.57 Å². The number of nitrogens with zero attached hydrogens (tertiary/aromatic N) is 1. The van der Waals surface area contributed by atoms with Gasteiger partial charge in [-0.25, -0.2) is 4.79 Å². The van der Waals surface area contributed by atoms with E-state index < -0.39 is 0 Å². The number of para-hydroxylation sites is 1. The molecule has 96 valence electrons. The Hall–Kier alpha value is -1.71. The van der Waals surface area contributed by atoms with Crippen molar-refractivity contribution in [1.82, 2.24) is 4.57 Å². The fourth-order valence-electron chi connectivity index (χ4n) is 2.94. The highest BCUT2D eigenvalue weighted by Crippen LogP contribution is 2.27. The highest BCUT2D eigenvalue weighted by Gasteiger charge is 2.18. The maximum absolute atomic E-state index is 11.9. The van der Waals surface area contributed by atoms with Crippen molar-refractivity contribution in [2.24, 2.45) is 5.92 Å². The Morgan fingerprint density at radius 1 is 1.28 bits per heavy atom. The second-order valence-electron chi connectivity index (χ2n) is 5.18. The number of fused-ring (bicyclic) bond motifs is 1. The molecule has 1 aromatic heterocycles. The first-order valence-electron chi connectivity index (χ1n) is 6.63. The van der Waals surface area contributed by atoms with Crippen LogP contribution in [0.1, 0.15) is 32.1 Å². The summed E-state index contributed by atoms with van der Waals surface area (Å²) in [5, 5.41) is 0. The van der Waals surface area contributed by atoms with E-state index in [1.54, 1.807) is 10.6 Å². The van der Waals surface area contributed by atoms with Gasteiger partial charge in [0.05, 0.1) is 5.69 Å². The van der Waals surface area contributed by atoms with E-state index >= 15 is 0 Å². The number of benzene rings is 1. The third kappa shape index (κ3) is 1.92. The Balaban J connectivity index is 2.00. The second kappa shape index (κ2) is 4.52. The fourth-order valence-corrected chi connectivity index (χ4v) is 2.94. The standard InChI is InChI=1S/C14H18N2O2/c15-11-7-4-8-12-13(11)16(14(17)18-12)9-10-5-2-1-3-6-10/h4,7-8,10H,1-3,5-6,9,15H2. The van der Waals surface area contributed by atoms with Gasteiger partial charge in [0, 0.05) is 6.54 Å². The number of hydrogen-bond donors (Lipinski definition) is 1. The van der Waals surface area contributed by atoms with Crippen molar-refractivity contribution in [1.29, 1.82) is 0 Å². The molecular weight excluding hydrogens is 228 g/mol. The summed E-state index contributed by atoms with van der Waals surface area (Å²) in [6.07, 6.45) is 6.26. The van der Waals surface area contributed by atoms with Gasteiger partial charge >= 0.3 is 5.76 Å². The Morgan fingerprint density at radius 3 is 2.83 bits per heavy atom. The van der Waals surface area contributed by atoms with Crippen molar-refractivity contribution in [2.45, 2.75) is 38.6 Å². The zero-order valence-electron chi connectivity index (χ0n) is 10.4. The van der Waals surface area contributed by atoms with Crippen LogP contribution in [0.4, 0.5) is 5.69 Å². The molecule has 1 aliphatic carbocycles. The van der Waals surface area contributed by atoms with Crippen LogP contribution in [0, 0.1) is 5.92 Å². The largest absolute Gasteiger partial charge is 0.420 e. The van der Waals surface area contributed by atoms with Gasteiger partial charge in [-0.2, -0.15) is 0 Å². The maximum Gasteiger partial charge on any atom is 0.420 e. The average Bonchev–Trinajstić information content (AvgIpc) is 2.69. The number of hydrogen-bond acceptors (Lipinski definition) is 3. The van der Waals surface area contributed by atoms with Crippen molar-refractivity contribution >= 4 is 16.8 Å². The highest BCUT2D eigenvalue weighted by atomic mass is 16.4. The molecule has 0 saturated heterocycles. The lowest BCUT2D eigenvalue weighted by Gasteiger charge is -2.21. The van der Waals surface area contributed by atoms with E-state index in [0.29, 0.717) is 17.2 Å². The summed E-state index contributed by atoms with van der Waals surface area (Å²) in [5.74, 6) is 0.297. The zero-order valence-corrected chi connectivity index (χ0v) is 10.4. The lowest BCUT2D eigenvalue weighted by atomic mass is 9.89. The topological polar surface area (TPSA) is 61.2 Å². The van der Waals surface area contributed by atoms with E-state index in [9.17, 15) is 4.79 Å². The van der Waals surface area contributed by atoms with Crippen LogP contribution in [0.25, 0.3) is 11.1 Å². The minimum absolute atomic E-state index is 0.284. The Bertz CT molecular complexity index is 606. The van der Waals surface area contributed by atoms with Crippen molar-refractivity contribution in [2.75, 3.05) is 5.73 Å². The minimum atomic E-state index is -0.284. The van der Waals surface area contributed by atoms with Crippen LogP contribution in [0.2, 0.25) is 0 Å². The van der Waals surface area contributed by atoms with Gasteiger partial charge in [-0.1, -0.05) is 25.3 Å². The SMILES string of the molecule is Nc1cccc2oc(=O)n(CC3CCCCC3)c12. The smallest absolute Gasteiger partial charge is 0.408 e. The third-order valence-electron chi connectivity index (χ3n) is 3.88. The Morgan fingerprint density at radius 2 is 2.06 bits per heavy atom. The van der Waals surface area contributed by atoms with Crippen molar-refractivity contribution < 1.29 is 4.42 Å². The predicted octanol–water partition coefficient (Wildman–Crippen LogP) is 2.76. The number of nitrogen functional groups attached to an aromatic ring is 1. The predicted molar refractivity (Wildman–Crippen MR) is 71.5 cm³/mol. The van der Waals surface area contributed by atoms with Crippen molar-refractivity contribution in [3.8, 4) is 0 Å². The third-order valence-corrected chi connectivity index (χ3v) is 3.88. The summed E-state index contributed by atoms with van der Waals surface area (Å²) in [4.78, 5) is 11.9. The molecule has 3 rings (SSSR count). The molecule has 0 amide bonds. The molecule has 0 spiro atoms. The van der Waals surface area contributed by atoms with E-state index in [1.807, 2.05) is 12.1 Å². The lowest BCUT2D eigenvalue weighted by molar-refractivity contribution is 0.312. The Kier molecular flexibility index (Phi) is 2.86. The summed E-state index contributed by atoms with van der Waals surface area (Å²) in [6.45, 7) is 0.736. The van der Waals surface area contributed by atoms with Crippen LogP contribution in [0.3, 0.4) is 0 Å². The molecule has 2 N–H and O–H groups in total. The van der Waals surface area contributed by atoms with Gasteiger partial charge in [-0.05, 0) is 30.9 Å². The van der Waals surface area contributed by atoms with Crippen LogP contribution in [0.5, 0.6) is 0 Å². The van der Waals surface area contributed by atoms with Crippen LogP contribution < -0.4 is 11.5 Å². The van der Waals surface area contributed by atoms with Gasteiger partial charge in [0.15, 0.2) is 5.58 Å². The van der Waals surface area contributed by atoms with E-state index in [1.165, 1.54) is 32.1 Å². The summed E-state index contributed by atoms with van der Waals surface area (Å²) in [6, 6.07) is 5.42. The van der Waals surface area contributed by atoms with Crippen LogP contribution in [-0.2, 0) is 6.54 Å². The van der Waals surface area contributed by atoms with Gasteiger partial charge in [0.2, 0.25) is 0 Å². The molecule has 1 fully saturated rings. The van der Waals surface area contributed by atoms with Gasteiger partial charge in [0.1, 0.15) is 5.52 Å². The molecule has 1 aliphatic rings. The van der Waals surface area contributed by atoms with Crippen LogP contribution in [0.15, 0.2) is 27.4 Å². The van der Waals surface area contributed by atoms with E-state index in [0.717, 1.165) is 12.1 Å². The maximum atomic E-state index is 11.9. The second-order valence-corrected chi connectivity index (χ2v) is 5.18. The highest BCUT2D eigenvalue weighted by molar-refractivity contribution is 5.85. The van der Waals surface area contributed by atoms with Gasteiger partial charge in [-0.15, -0.1) is 0 Å². The molecule has 0 bridgehead atoms. The molecule has 4 heteroatoms. The molecular formula is C14H18N2O2. The van der Waals surface area contributed by atoms with E-state index in [4.69, 9.17) is 10.2 Å². The quantitative estimate of drug-likeness (QED) is 0.829. The number of oxazole rings is 1. The molecule has 0 aliphatic heterocycles. The molecule has 1 heterocycles. The van der Waals surface area contributed by atoms with Crippen LogP contribution in [-0.4, -0.2) is 4.57 Å². The lowest BCUT2D eigenvalue weighted by Crippen LogP contribution is -2.21.